The van der Waals surface area contributed by atoms with Crippen LogP contribution in [0.2, 0.25) is 0 Å². The van der Waals surface area contributed by atoms with E-state index in [-0.39, 0.29) is 17.0 Å². The summed E-state index contributed by atoms with van der Waals surface area (Å²) in [6.45, 7) is 0. The number of nitriles is 2. The molecule has 0 aliphatic carbocycles. The smallest absolute Gasteiger partial charge is 0.354 e. The number of carboxylic acids is 1. The SMILES string of the molecule is N#Cc1ccc(C(=O)O)nc1C#N. The summed E-state index contributed by atoms with van der Waals surface area (Å²) >= 11 is 0. The Hall–Kier alpha value is -2.40. The number of carbonyl (C=O) groups is 1. The molecule has 1 N–H and O–H groups in total. The average molecular weight is 173 g/mol. The second-order valence-corrected chi connectivity index (χ2v) is 2.12. The molecular formula is C8H3N3O2. The summed E-state index contributed by atoms with van der Waals surface area (Å²) < 4.78 is 0. The van der Waals surface area contributed by atoms with E-state index >= 15 is 0 Å². The fourth-order valence-corrected chi connectivity index (χ4v) is 0.754. The zero-order chi connectivity index (χ0) is 9.84. The first kappa shape index (κ1) is 8.69. The lowest BCUT2D eigenvalue weighted by atomic mass is 10.2. The highest BCUT2D eigenvalue weighted by atomic mass is 16.4. The van der Waals surface area contributed by atoms with Crippen LogP contribution in [0.5, 0.6) is 0 Å². The molecule has 0 saturated carbocycles. The maximum atomic E-state index is 10.4. The number of pyridine rings is 1. The molecule has 0 saturated heterocycles. The fourth-order valence-electron chi connectivity index (χ4n) is 0.754. The lowest BCUT2D eigenvalue weighted by molar-refractivity contribution is 0.0690. The summed E-state index contributed by atoms with van der Waals surface area (Å²) in [6, 6.07) is 5.82. The van der Waals surface area contributed by atoms with Crippen molar-refractivity contribution in [1.82, 2.24) is 4.98 Å². The number of nitrogens with zero attached hydrogens (tertiary/aromatic N) is 3. The summed E-state index contributed by atoms with van der Waals surface area (Å²) in [5.74, 6) is -1.22. The first-order valence-corrected chi connectivity index (χ1v) is 3.23. The second-order valence-electron chi connectivity index (χ2n) is 2.12. The molecule has 62 valence electrons. The largest absolute Gasteiger partial charge is 0.477 e. The van der Waals surface area contributed by atoms with Crippen LogP contribution < -0.4 is 0 Å². The number of carboxylic acid groups (broad SMARTS) is 1. The van der Waals surface area contributed by atoms with Crippen molar-refractivity contribution in [1.29, 1.82) is 10.5 Å². The van der Waals surface area contributed by atoms with Crippen LogP contribution in [0, 0.1) is 22.7 Å². The summed E-state index contributed by atoms with van der Waals surface area (Å²) in [6.07, 6.45) is 0. The molecule has 0 amide bonds. The maximum absolute atomic E-state index is 10.4. The standard InChI is InChI=1S/C8H3N3O2/c9-3-5-1-2-6(8(12)13)11-7(5)4-10/h1-2H,(H,12,13). The van der Waals surface area contributed by atoms with Gasteiger partial charge in [0.15, 0.2) is 5.69 Å². The van der Waals surface area contributed by atoms with Gasteiger partial charge in [-0.25, -0.2) is 9.78 Å². The van der Waals surface area contributed by atoms with Crippen LogP contribution in [0.15, 0.2) is 12.1 Å². The van der Waals surface area contributed by atoms with Crippen molar-refractivity contribution in [2.45, 2.75) is 0 Å². The molecule has 1 heterocycles. The van der Waals surface area contributed by atoms with E-state index in [2.05, 4.69) is 4.98 Å². The lowest BCUT2D eigenvalue weighted by Gasteiger charge is -1.94. The molecule has 1 aromatic rings. The summed E-state index contributed by atoms with van der Waals surface area (Å²) in [5.41, 5.74) is -0.328. The van der Waals surface area contributed by atoms with Crippen LogP contribution in [0.1, 0.15) is 21.7 Å². The summed E-state index contributed by atoms with van der Waals surface area (Å²) in [5, 5.41) is 25.5. The van der Waals surface area contributed by atoms with Gasteiger partial charge in [-0.15, -0.1) is 0 Å². The highest BCUT2D eigenvalue weighted by Crippen LogP contribution is 2.05. The fraction of sp³-hybridized carbons (Fsp3) is 0. The molecule has 0 unspecified atom stereocenters. The second kappa shape index (κ2) is 3.33. The van der Waals surface area contributed by atoms with Gasteiger partial charge in [-0.2, -0.15) is 10.5 Å². The Kier molecular flexibility index (Phi) is 2.23. The minimum absolute atomic E-state index is 0.0764. The normalized spacial score (nSPS) is 8.46. The molecule has 1 rings (SSSR count). The molecule has 0 aliphatic heterocycles. The van der Waals surface area contributed by atoms with Crippen LogP contribution in [0.25, 0.3) is 0 Å². The van der Waals surface area contributed by atoms with Gasteiger partial charge in [0.1, 0.15) is 17.8 Å². The molecular weight excluding hydrogens is 170 g/mol. The molecule has 5 nitrogen and oxygen atoms in total. The van der Waals surface area contributed by atoms with Crippen molar-refractivity contribution in [3.8, 4) is 12.1 Å². The van der Waals surface area contributed by atoms with Gasteiger partial charge in [-0.05, 0) is 12.1 Å². The lowest BCUT2D eigenvalue weighted by Crippen LogP contribution is -2.02. The van der Waals surface area contributed by atoms with E-state index in [4.69, 9.17) is 15.6 Å². The van der Waals surface area contributed by atoms with Crippen molar-refractivity contribution >= 4 is 5.97 Å². The molecule has 0 radical (unpaired) electrons. The number of hydrogen-bond donors (Lipinski definition) is 1. The van der Waals surface area contributed by atoms with E-state index in [1.54, 1.807) is 12.1 Å². The van der Waals surface area contributed by atoms with E-state index in [0.717, 1.165) is 0 Å². The first-order chi connectivity index (χ1) is 6.19. The predicted molar refractivity (Wildman–Crippen MR) is 40.6 cm³/mol. The van der Waals surface area contributed by atoms with Gasteiger partial charge in [-0.3, -0.25) is 0 Å². The van der Waals surface area contributed by atoms with Crippen molar-refractivity contribution < 1.29 is 9.90 Å². The third-order valence-electron chi connectivity index (χ3n) is 1.34. The molecule has 0 spiro atoms. The minimum atomic E-state index is -1.22. The van der Waals surface area contributed by atoms with Gasteiger partial charge in [0.2, 0.25) is 0 Å². The van der Waals surface area contributed by atoms with Gasteiger partial charge in [0.05, 0.1) is 5.56 Å². The van der Waals surface area contributed by atoms with Crippen LogP contribution in [-0.4, -0.2) is 16.1 Å². The zero-order valence-corrected chi connectivity index (χ0v) is 6.35. The molecule has 5 heteroatoms. The van der Waals surface area contributed by atoms with E-state index < -0.39 is 5.97 Å². The molecule has 0 fully saturated rings. The summed E-state index contributed by atoms with van der Waals surface area (Å²) in [4.78, 5) is 13.9. The van der Waals surface area contributed by atoms with Crippen molar-refractivity contribution in [3.05, 3.63) is 29.1 Å². The molecule has 0 bridgehead atoms. The third kappa shape index (κ3) is 1.60. The molecule has 0 aromatic carbocycles. The van der Waals surface area contributed by atoms with Gasteiger partial charge in [0, 0.05) is 0 Å². The third-order valence-corrected chi connectivity index (χ3v) is 1.34. The first-order valence-electron chi connectivity index (χ1n) is 3.23. The van der Waals surface area contributed by atoms with E-state index in [1.165, 1.54) is 12.1 Å². The maximum Gasteiger partial charge on any atom is 0.354 e. The van der Waals surface area contributed by atoms with Gasteiger partial charge >= 0.3 is 5.97 Å². The molecule has 13 heavy (non-hydrogen) atoms. The Morgan fingerprint density at radius 2 is 2.08 bits per heavy atom. The molecule has 0 aliphatic rings. The summed E-state index contributed by atoms with van der Waals surface area (Å²) in [7, 11) is 0. The monoisotopic (exact) mass is 173 g/mol. The van der Waals surface area contributed by atoms with Gasteiger partial charge in [-0.1, -0.05) is 0 Å². The van der Waals surface area contributed by atoms with Crippen molar-refractivity contribution in [2.75, 3.05) is 0 Å². The van der Waals surface area contributed by atoms with E-state index in [1.807, 2.05) is 0 Å². The van der Waals surface area contributed by atoms with Crippen LogP contribution in [0.3, 0.4) is 0 Å². The van der Waals surface area contributed by atoms with E-state index in [0.29, 0.717) is 0 Å². The van der Waals surface area contributed by atoms with Crippen LogP contribution in [-0.2, 0) is 0 Å². The van der Waals surface area contributed by atoms with E-state index in [9.17, 15) is 4.79 Å². The zero-order valence-electron chi connectivity index (χ0n) is 6.35. The van der Waals surface area contributed by atoms with Gasteiger partial charge < -0.3 is 5.11 Å². The van der Waals surface area contributed by atoms with Crippen molar-refractivity contribution in [3.63, 3.8) is 0 Å². The average Bonchev–Trinajstić information content (AvgIpc) is 2.16. The van der Waals surface area contributed by atoms with Gasteiger partial charge in [0.25, 0.3) is 0 Å². The quantitative estimate of drug-likeness (QED) is 0.667. The van der Waals surface area contributed by atoms with Crippen LogP contribution in [0.4, 0.5) is 0 Å². The molecule has 1 aromatic heterocycles. The number of aromatic carboxylic acids is 1. The van der Waals surface area contributed by atoms with Crippen LogP contribution >= 0.6 is 0 Å². The Balaban J connectivity index is 3.33. The number of hydrogen-bond acceptors (Lipinski definition) is 4. The molecule has 0 atom stereocenters. The Morgan fingerprint density at radius 3 is 2.54 bits per heavy atom. The predicted octanol–water partition coefficient (Wildman–Crippen LogP) is 0.523. The number of rotatable bonds is 1. The Labute approximate surface area is 73.5 Å². The Bertz CT molecular complexity index is 440. The number of aromatic nitrogens is 1. The highest BCUT2D eigenvalue weighted by molar-refractivity contribution is 5.85. The minimum Gasteiger partial charge on any atom is -0.477 e. The topological polar surface area (TPSA) is 97.8 Å². The van der Waals surface area contributed by atoms with Crippen molar-refractivity contribution in [2.24, 2.45) is 0 Å². The Morgan fingerprint density at radius 1 is 1.38 bits per heavy atom. The highest BCUT2D eigenvalue weighted by Gasteiger charge is 2.08.